The molecule has 60 valence electrons. The molecule has 0 bridgehead atoms. The molecule has 1 amide bonds. The van der Waals surface area contributed by atoms with Crippen molar-refractivity contribution in [3.8, 4) is 0 Å². The fraction of sp³-hybridized carbons (Fsp3) is 0.429. The Morgan fingerprint density at radius 3 is 2.91 bits per heavy atom. The van der Waals surface area contributed by atoms with E-state index in [9.17, 15) is 4.79 Å². The molecule has 0 aliphatic heterocycles. The third-order valence-electron chi connectivity index (χ3n) is 1.11. The van der Waals surface area contributed by atoms with Crippen LogP contribution in [0.3, 0.4) is 0 Å². The second kappa shape index (κ2) is 3.18. The molecule has 4 heteroatoms. The van der Waals surface area contributed by atoms with Gasteiger partial charge in [0.15, 0.2) is 0 Å². The van der Waals surface area contributed by atoms with Gasteiger partial charge in [-0.1, -0.05) is 5.16 Å². The van der Waals surface area contributed by atoms with Crippen LogP contribution in [0.5, 0.6) is 0 Å². The summed E-state index contributed by atoms with van der Waals surface area (Å²) < 4.78 is 4.51. The quantitative estimate of drug-likeness (QED) is 0.685. The van der Waals surface area contributed by atoms with Crippen LogP contribution in [0, 0.1) is 0 Å². The summed E-state index contributed by atoms with van der Waals surface area (Å²) in [6, 6.07) is 0.136. The highest BCUT2D eigenvalue weighted by atomic mass is 16.5. The molecule has 0 aliphatic carbocycles. The number of hydrogen-bond acceptors (Lipinski definition) is 3. The number of nitrogens with one attached hydrogen (secondary N) is 1. The maximum Gasteiger partial charge on any atom is 0.256 e. The van der Waals surface area contributed by atoms with Crippen LogP contribution in [0.2, 0.25) is 0 Å². The van der Waals surface area contributed by atoms with Crippen LogP contribution >= 0.6 is 0 Å². The van der Waals surface area contributed by atoms with Gasteiger partial charge in [0, 0.05) is 6.04 Å². The number of nitrogens with zero attached hydrogens (tertiary/aromatic N) is 1. The SMILES string of the molecule is CC(C)NC(=O)c1cnoc1. The van der Waals surface area contributed by atoms with Gasteiger partial charge in [-0.25, -0.2) is 0 Å². The molecule has 1 rings (SSSR count). The topological polar surface area (TPSA) is 55.1 Å². The second-order valence-electron chi connectivity index (χ2n) is 2.54. The molecular weight excluding hydrogens is 144 g/mol. The van der Waals surface area contributed by atoms with Crippen LogP contribution in [0.15, 0.2) is 17.0 Å². The summed E-state index contributed by atoms with van der Waals surface area (Å²) in [6.45, 7) is 3.79. The monoisotopic (exact) mass is 154 g/mol. The lowest BCUT2D eigenvalue weighted by Crippen LogP contribution is -2.29. The minimum Gasteiger partial charge on any atom is -0.364 e. The van der Waals surface area contributed by atoms with E-state index in [4.69, 9.17) is 0 Å². The number of amides is 1. The van der Waals surface area contributed by atoms with Gasteiger partial charge < -0.3 is 9.84 Å². The number of carbonyl (C=O) groups excluding carboxylic acids is 1. The van der Waals surface area contributed by atoms with Gasteiger partial charge >= 0.3 is 0 Å². The second-order valence-corrected chi connectivity index (χ2v) is 2.54. The van der Waals surface area contributed by atoms with E-state index in [-0.39, 0.29) is 11.9 Å². The number of hydrogen-bond donors (Lipinski definition) is 1. The van der Waals surface area contributed by atoms with Crippen molar-refractivity contribution >= 4 is 5.91 Å². The van der Waals surface area contributed by atoms with Crippen molar-refractivity contribution in [3.05, 3.63) is 18.0 Å². The molecule has 0 atom stereocenters. The maximum absolute atomic E-state index is 11.1. The normalized spacial score (nSPS) is 10.1. The van der Waals surface area contributed by atoms with Crippen molar-refractivity contribution in [1.82, 2.24) is 10.5 Å². The Morgan fingerprint density at radius 2 is 2.45 bits per heavy atom. The third-order valence-corrected chi connectivity index (χ3v) is 1.11. The first-order valence-corrected chi connectivity index (χ1v) is 3.40. The van der Waals surface area contributed by atoms with Crippen molar-refractivity contribution in [2.24, 2.45) is 0 Å². The molecule has 0 unspecified atom stereocenters. The van der Waals surface area contributed by atoms with Gasteiger partial charge in [0.25, 0.3) is 5.91 Å². The van der Waals surface area contributed by atoms with Crippen LogP contribution < -0.4 is 5.32 Å². The van der Waals surface area contributed by atoms with Crippen LogP contribution in [0.1, 0.15) is 24.2 Å². The lowest BCUT2D eigenvalue weighted by molar-refractivity contribution is 0.0942. The Hall–Kier alpha value is -1.32. The zero-order valence-corrected chi connectivity index (χ0v) is 6.50. The molecule has 0 aromatic carbocycles. The summed E-state index contributed by atoms with van der Waals surface area (Å²) in [5.74, 6) is -0.152. The van der Waals surface area contributed by atoms with E-state index >= 15 is 0 Å². The van der Waals surface area contributed by atoms with E-state index in [1.54, 1.807) is 0 Å². The Kier molecular flexibility index (Phi) is 2.25. The van der Waals surface area contributed by atoms with E-state index in [2.05, 4.69) is 15.0 Å². The molecule has 11 heavy (non-hydrogen) atoms. The lowest BCUT2D eigenvalue weighted by atomic mass is 10.3. The van der Waals surface area contributed by atoms with Gasteiger partial charge in [0.1, 0.15) is 6.26 Å². The van der Waals surface area contributed by atoms with Gasteiger partial charge in [0.2, 0.25) is 0 Å². The zero-order valence-electron chi connectivity index (χ0n) is 6.50. The fourth-order valence-electron chi connectivity index (χ4n) is 0.663. The van der Waals surface area contributed by atoms with Gasteiger partial charge in [-0.3, -0.25) is 4.79 Å². The van der Waals surface area contributed by atoms with Crippen LogP contribution in [0.4, 0.5) is 0 Å². The summed E-state index contributed by atoms with van der Waals surface area (Å²) in [5.41, 5.74) is 0.457. The van der Waals surface area contributed by atoms with E-state index in [1.807, 2.05) is 13.8 Å². The minimum absolute atomic E-state index is 0.136. The zero-order chi connectivity index (χ0) is 8.27. The lowest BCUT2D eigenvalue weighted by Gasteiger charge is -2.04. The molecule has 0 fully saturated rings. The summed E-state index contributed by atoms with van der Waals surface area (Å²) in [4.78, 5) is 11.1. The van der Waals surface area contributed by atoms with E-state index in [0.29, 0.717) is 5.56 Å². The Morgan fingerprint density at radius 1 is 1.73 bits per heavy atom. The fourth-order valence-corrected chi connectivity index (χ4v) is 0.663. The molecule has 1 aromatic heterocycles. The van der Waals surface area contributed by atoms with Gasteiger partial charge in [-0.05, 0) is 13.8 Å². The molecule has 0 radical (unpaired) electrons. The minimum atomic E-state index is -0.152. The standard InChI is InChI=1S/C7H10N2O2/c1-5(2)9-7(10)6-3-8-11-4-6/h3-5H,1-2H3,(H,9,10). The molecule has 1 N–H and O–H groups in total. The molecule has 1 aromatic rings. The van der Waals surface area contributed by atoms with Crippen LogP contribution in [-0.2, 0) is 0 Å². The first-order chi connectivity index (χ1) is 5.20. The van der Waals surface area contributed by atoms with Crippen molar-refractivity contribution < 1.29 is 9.32 Å². The summed E-state index contributed by atoms with van der Waals surface area (Å²) >= 11 is 0. The predicted octanol–water partition coefficient (Wildman–Crippen LogP) is 0.813. The average molecular weight is 154 g/mol. The summed E-state index contributed by atoms with van der Waals surface area (Å²) in [6.07, 6.45) is 2.70. The maximum atomic E-state index is 11.1. The number of aromatic nitrogens is 1. The summed E-state index contributed by atoms with van der Waals surface area (Å²) in [7, 11) is 0. The van der Waals surface area contributed by atoms with E-state index < -0.39 is 0 Å². The van der Waals surface area contributed by atoms with E-state index in [1.165, 1.54) is 12.5 Å². The average Bonchev–Trinajstić information content (AvgIpc) is 2.35. The first-order valence-electron chi connectivity index (χ1n) is 3.40. The van der Waals surface area contributed by atoms with Crippen molar-refractivity contribution in [1.29, 1.82) is 0 Å². The largest absolute Gasteiger partial charge is 0.364 e. The summed E-state index contributed by atoms with van der Waals surface area (Å²) in [5, 5.41) is 6.12. The van der Waals surface area contributed by atoms with Gasteiger partial charge in [-0.2, -0.15) is 0 Å². The highest BCUT2D eigenvalue weighted by Crippen LogP contribution is 1.95. The molecular formula is C7H10N2O2. The predicted molar refractivity (Wildman–Crippen MR) is 39.1 cm³/mol. The molecule has 0 spiro atoms. The van der Waals surface area contributed by atoms with Crippen molar-refractivity contribution in [3.63, 3.8) is 0 Å². The smallest absolute Gasteiger partial charge is 0.256 e. The first kappa shape index (κ1) is 7.78. The Balaban J connectivity index is 2.57. The van der Waals surface area contributed by atoms with Crippen LogP contribution in [-0.4, -0.2) is 17.1 Å². The molecule has 0 saturated heterocycles. The molecule has 0 aliphatic rings. The molecule has 1 heterocycles. The number of carbonyl (C=O) groups is 1. The Labute approximate surface area is 64.6 Å². The number of rotatable bonds is 2. The highest BCUT2D eigenvalue weighted by molar-refractivity contribution is 5.93. The third kappa shape index (κ3) is 2.07. The van der Waals surface area contributed by atoms with Gasteiger partial charge in [-0.15, -0.1) is 0 Å². The molecule has 0 saturated carbocycles. The van der Waals surface area contributed by atoms with E-state index in [0.717, 1.165) is 0 Å². The van der Waals surface area contributed by atoms with Crippen molar-refractivity contribution in [2.75, 3.05) is 0 Å². The van der Waals surface area contributed by atoms with Gasteiger partial charge in [0.05, 0.1) is 11.8 Å². The Bertz CT molecular complexity index is 229. The molecule has 4 nitrogen and oxygen atoms in total. The van der Waals surface area contributed by atoms with Crippen LogP contribution in [0.25, 0.3) is 0 Å². The highest BCUT2D eigenvalue weighted by Gasteiger charge is 2.07. The van der Waals surface area contributed by atoms with Crippen molar-refractivity contribution in [2.45, 2.75) is 19.9 Å².